The Morgan fingerprint density at radius 3 is 2.46 bits per heavy atom. The zero-order chi connectivity index (χ0) is 18.3. The predicted molar refractivity (Wildman–Crippen MR) is 104 cm³/mol. The molecule has 6 heteroatoms. The molecule has 0 bridgehead atoms. The molecule has 2 aromatic rings. The lowest BCUT2D eigenvalue weighted by Crippen LogP contribution is -2.50. The highest BCUT2D eigenvalue weighted by atomic mass is 16.3. The van der Waals surface area contributed by atoms with Crippen LogP contribution in [0.4, 0.5) is 5.82 Å². The fourth-order valence-corrected chi connectivity index (χ4v) is 4.28. The number of nitrogens with zero attached hydrogens (tertiary/aromatic N) is 5. The van der Waals surface area contributed by atoms with E-state index < -0.39 is 5.60 Å². The molecule has 0 aromatic carbocycles. The molecular formula is C20H31N5O. The van der Waals surface area contributed by atoms with E-state index in [1.54, 1.807) is 0 Å². The summed E-state index contributed by atoms with van der Waals surface area (Å²) in [4.78, 5) is 9.56. The standard InChI is InChI=1S/C20H31N5O/c1-15(2)17-13-19(25-18(21-17)12-16(3)22-25)24-10-6-20(26,7-11-24)14-23-8-4-5-9-23/h12-13,15,26H,4-11,14H2,1-3H3. The minimum absolute atomic E-state index is 0.380. The monoisotopic (exact) mass is 357 g/mol. The van der Waals surface area contributed by atoms with Crippen molar-refractivity contribution in [1.82, 2.24) is 19.5 Å². The van der Waals surface area contributed by atoms with Crippen molar-refractivity contribution in [1.29, 1.82) is 0 Å². The van der Waals surface area contributed by atoms with Gasteiger partial charge in [-0.2, -0.15) is 9.61 Å². The molecular weight excluding hydrogens is 326 g/mol. The second-order valence-corrected chi connectivity index (χ2v) is 8.44. The molecule has 2 aliphatic rings. The molecule has 4 heterocycles. The molecule has 2 fully saturated rings. The Morgan fingerprint density at radius 1 is 1.12 bits per heavy atom. The van der Waals surface area contributed by atoms with Gasteiger partial charge < -0.3 is 14.9 Å². The van der Waals surface area contributed by atoms with Gasteiger partial charge in [-0.3, -0.25) is 0 Å². The summed E-state index contributed by atoms with van der Waals surface area (Å²) in [5.41, 5.74) is 2.46. The molecule has 1 N–H and O–H groups in total. The van der Waals surface area contributed by atoms with Crippen molar-refractivity contribution < 1.29 is 5.11 Å². The highest BCUT2D eigenvalue weighted by molar-refractivity contribution is 5.52. The van der Waals surface area contributed by atoms with Gasteiger partial charge in [-0.1, -0.05) is 13.8 Å². The third-order valence-electron chi connectivity index (χ3n) is 5.88. The average molecular weight is 358 g/mol. The summed E-state index contributed by atoms with van der Waals surface area (Å²) in [5, 5.41) is 15.7. The number of aliphatic hydroxyl groups is 1. The van der Waals surface area contributed by atoms with Gasteiger partial charge in [-0.05, 0) is 51.6 Å². The molecule has 0 spiro atoms. The molecule has 2 aromatic heterocycles. The third kappa shape index (κ3) is 3.45. The Labute approximate surface area is 155 Å². The minimum Gasteiger partial charge on any atom is -0.388 e. The van der Waals surface area contributed by atoms with Gasteiger partial charge >= 0.3 is 0 Å². The summed E-state index contributed by atoms with van der Waals surface area (Å²) in [6.07, 6.45) is 4.16. The maximum atomic E-state index is 11.1. The molecule has 0 radical (unpaired) electrons. The SMILES string of the molecule is Cc1cc2nc(C(C)C)cc(N3CCC(O)(CN4CCCC4)CC3)n2n1. The van der Waals surface area contributed by atoms with E-state index >= 15 is 0 Å². The molecule has 0 saturated carbocycles. The summed E-state index contributed by atoms with van der Waals surface area (Å²) in [7, 11) is 0. The van der Waals surface area contributed by atoms with Gasteiger partial charge in [0.1, 0.15) is 5.82 Å². The number of anilines is 1. The minimum atomic E-state index is -0.548. The van der Waals surface area contributed by atoms with Gasteiger partial charge in [-0.15, -0.1) is 0 Å². The van der Waals surface area contributed by atoms with Crippen LogP contribution in [0.1, 0.15) is 56.8 Å². The molecule has 6 nitrogen and oxygen atoms in total. The van der Waals surface area contributed by atoms with Gasteiger partial charge in [0.2, 0.25) is 0 Å². The highest BCUT2D eigenvalue weighted by Crippen LogP contribution is 2.30. The van der Waals surface area contributed by atoms with Gasteiger partial charge in [-0.25, -0.2) is 4.98 Å². The first-order chi connectivity index (χ1) is 12.4. The van der Waals surface area contributed by atoms with Crippen LogP contribution in [0, 0.1) is 6.92 Å². The zero-order valence-electron chi connectivity index (χ0n) is 16.3. The molecule has 26 heavy (non-hydrogen) atoms. The van der Waals surface area contributed by atoms with Crippen LogP contribution in [0.25, 0.3) is 5.65 Å². The fraction of sp³-hybridized carbons (Fsp3) is 0.700. The van der Waals surface area contributed by atoms with Crippen LogP contribution in [0.2, 0.25) is 0 Å². The quantitative estimate of drug-likeness (QED) is 0.911. The molecule has 0 aliphatic carbocycles. The number of likely N-dealkylation sites (tertiary alicyclic amines) is 1. The van der Waals surface area contributed by atoms with E-state index in [1.807, 2.05) is 17.5 Å². The van der Waals surface area contributed by atoms with Crippen LogP contribution in [-0.2, 0) is 0 Å². The molecule has 4 rings (SSSR count). The first kappa shape index (κ1) is 17.7. The Bertz CT molecular complexity index is 770. The Hall–Kier alpha value is -1.66. The first-order valence-corrected chi connectivity index (χ1v) is 10.0. The Kier molecular flexibility index (Phi) is 4.65. The first-order valence-electron chi connectivity index (χ1n) is 10.0. The van der Waals surface area contributed by atoms with Crippen molar-refractivity contribution in [3.8, 4) is 0 Å². The number of fused-ring (bicyclic) bond motifs is 1. The summed E-state index contributed by atoms with van der Waals surface area (Å²) < 4.78 is 1.96. The van der Waals surface area contributed by atoms with Crippen molar-refractivity contribution in [3.63, 3.8) is 0 Å². The van der Waals surface area contributed by atoms with Crippen molar-refractivity contribution in [2.45, 2.75) is 58.0 Å². The maximum Gasteiger partial charge on any atom is 0.157 e. The largest absolute Gasteiger partial charge is 0.388 e. The van der Waals surface area contributed by atoms with Crippen LogP contribution >= 0.6 is 0 Å². The molecule has 0 unspecified atom stereocenters. The third-order valence-corrected chi connectivity index (χ3v) is 5.88. The number of rotatable bonds is 4. The van der Waals surface area contributed by atoms with Crippen LogP contribution in [-0.4, -0.2) is 62.9 Å². The summed E-state index contributed by atoms with van der Waals surface area (Å²) in [6, 6.07) is 4.22. The van der Waals surface area contributed by atoms with Crippen LogP contribution in [0.3, 0.4) is 0 Å². The zero-order valence-corrected chi connectivity index (χ0v) is 16.3. The van der Waals surface area contributed by atoms with E-state index in [1.165, 1.54) is 12.8 Å². The number of β-amino-alcohol motifs (C(OH)–C–C–N with tert-alkyl or cyclic N) is 1. The van der Waals surface area contributed by atoms with E-state index in [2.05, 4.69) is 34.8 Å². The lowest BCUT2D eigenvalue weighted by Gasteiger charge is -2.41. The smallest absolute Gasteiger partial charge is 0.157 e. The molecule has 2 aliphatic heterocycles. The number of aromatic nitrogens is 3. The van der Waals surface area contributed by atoms with E-state index in [0.29, 0.717) is 5.92 Å². The maximum absolute atomic E-state index is 11.1. The molecule has 0 amide bonds. The lowest BCUT2D eigenvalue weighted by molar-refractivity contribution is -0.0112. The summed E-state index contributed by atoms with van der Waals surface area (Å²) in [6.45, 7) is 11.2. The number of hydrogen-bond acceptors (Lipinski definition) is 5. The number of hydrogen-bond donors (Lipinski definition) is 1. The van der Waals surface area contributed by atoms with E-state index in [9.17, 15) is 5.11 Å². The Morgan fingerprint density at radius 2 is 1.81 bits per heavy atom. The average Bonchev–Trinajstić information content (AvgIpc) is 3.22. The topological polar surface area (TPSA) is 56.9 Å². The van der Waals surface area contributed by atoms with Gasteiger partial charge in [0.25, 0.3) is 0 Å². The highest BCUT2D eigenvalue weighted by Gasteiger charge is 2.35. The van der Waals surface area contributed by atoms with Crippen LogP contribution < -0.4 is 4.90 Å². The Balaban J connectivity index is 1.55. The number of piperidine rings is 1. The fourth-order valence-electron chi connectivity index (χ4n) is 4.28. The number of aryl methyl sites for hydroxylation is 1. The van der Waals surface area contributed by atoms with Crippen molar-refractivity contribution in [3.05, 3.63) is 23.5 Å². The van der Waals surface area contributed by atoms with Crippen molar-refractivity contribution >= 4 is 11.5 Å². The molecule has 142 valence electrons. The van der Waals surface area contributed by atoms with Crippen molar-refractivity contribution in [2.75, 3.05) is 37.6 Å². The lowest BCUT2D eigenvalue weighted by atomic mass is 9.90. The van der Waals surface area contributed by atoms with Gasteiger partial charge in [0.05, 0.1) is 11.3 Å². The molecule has 2 saturated heterocycles. The summed E-state index contributed by atoms with van der Waals surface area (Å²) >= 11 is 0. The predicted octanol–water partition coefficient (Wildman–Crippen LogP) is 2.59. The van der Waals surface area contributed by atoms with Gasteiger partial charge in [0, 0.05) is 37.5 Å². The normalized spacial score (nSPS) is 21.2. The molecule has 0 atom stereocenters. The second kappa shape index (κ2) is 6.82. The van der Waals surface area contributed by atoms with Gasteiger partial charge in [0.15, 0.2) is 5.65 Å². The van der Waals surface area contributed by atoms with E-state index in [-0.39, 0.29) is 0 Å². The van der Waals surface area contributed by atoms with E-state index in [4.69, 9.17) is 4.98 Å². The van der Waals surface area contributed by atoms with Crippen LogP contribution in [0.5, 0.6) is 0 Å². The van der Waals surface area contributed by atoms with Crippen molar-refractivity contribution in [2.24, 2.45) is 0 Å². The second-order valence-electron chi connectivity index (χ2n) is 8.44. The van der Waals surface area contributed by atoms with E-state index in [0.717, 1.165) is 68.4 Å². The summed E-state index contributed by atoms with van der Waals surface area (Å²) in [5.74, 6) is 1.49. The van der Waals surface area contributed by atoms with Crippen LogP contribution in [0.15, 0.2) is 12.1 Å².